The molecule has 0 saturated heterocycles. The zero-order valence-corrected chi connectivity index (χ0v) is 18.6. The molecular weight excluding hydrogens is 458 g/mol. The van der Waals surface area contributed by atoms with Crippen LogP contribution in [0.5, 0.6) is 5.75 Å². The lowest BCUT2D eigenvalue weighted by atomic mass is 10.1. The zero-order chi connectivity index (χ0) is 25.2. The molecule has 10 nitrogen and oxygen atoms in total. The summed E-state index contributed by atoms with van der Waals surface area (Å²) in [6, 6.07) is 19.5. The second-order valence-corrected chi connectivity index (χ2v) is 7.10. The summed E-state index contributed by atoms with van der Waals surface area (Å²) in [4.78, 5) is 46.4. The number of rotatable bonds is 11. The summed E-state index contributed by atoms with van der Waals surface area (Å²) in [5.74, 6) is -1.24. The molecule has 0 aliphatic rings. The van der Waals surface area contributed by atoms with E-state index in [9.17, 15) is 24.5 Å². The fourth-order valence-corrected chi connectivity index (χ4v) is 2.79. The normalized spacial score (nSPS) is 11.2. The van der Waals surface area contributed by atoms with E-state index in [1.807, 2.05) is 0 Å². The first-order valence-corrected chi connectivity index (χ1v) is 10.4. The molecule has 0 radical (unpaired) electrons. The number of nitro benzene ring substituents is 1. The molecule has 0 spiro atoms. The van der Waals surface area contributed by atoms with Gasteiger partial charge in [-0.2, -0.15) is 0 Å². The maximum Gasteiger partial charge on any atom is 0.341 e. The van der Waals surface area contributed by atoms with Gasteiger partial charge in [0.1, 0.15) is 12.4 Å². The Bertz CT molecular complexity index is 1180. The highest BCUT2D eigenvalue weighted by Crippen LogP contribution is 2.15. The van der Waals surface area contributed by atoms with Crippen molar-refractivity contribution in [2.45, 2.75) is 13.2 Å². The molecule has 0 heterocycles. The number of benzene rings is 3. The molecule has 1 unspecified atom stereocenters. The van der Waals surface area contributed by atoms with E-state index in [0.717, 1.165) is 0 Å². The highest BCUT2D eigenvalue weighted by Gasteiger charge is 2.15. The lowest BCUT2D eigenvalue weighted by Crippen LogP contribution is -2.21. The summed E-state index contributed by atoms with van der Waals surface area (Å²) in [5.41, 5.74) is 0.731. The van der Waals surface area contributed by atoms with Crippen LogP contribution in [0.4, 0.5) is 5.69 Å². The quantitative estimate of drug-likeness (QED) is 0.131. The van der Waals surface area contributed by atoms with Gasteiger partial charge in [0.25, 0.3) is 5.69 Å². The number of ketones is 1. The van der Waals surface area contributed by atoms with Crippen molar-refractivity contribution >= 4 is 23.4 Å². The molecule has 35 heavy (non-hydrogen) atoms. The maximum absolute atomic E-state index is 12.3. The van der Waals surface area contributed by atoms with E-state index < -0.39 is 29.9 Å². The van der Waals surface area contributed by atoms with Crippen LogP contribution in [-0.4, -0.2) is 42.3 Å². The number of esters is 2. The Hall–Kier alpha value is -4.57. The van der Waals surface area contributed by atoms with E-state index in [2.05, 4.69) is 0 Å². The Kier molecular flexibility index (Phi) is 8.63. The highest BCUT2D eigenvalue weighted by atomic mass is 16.7. The van der Waals surface area contributed by atoms with Crippen molar-refractivity contribution in [1.29, 1.82) is 0 Å². The van der Waals surface area contributed by atoms with Gasteiger partial charge < -0.3 is 18.9 Å². The first-order chi connectivity index (χ1) is 16.8. The van der Waals surface area contributed by atoms with Gasteiger partial charge in [-0.3, -0.25) is 14.9 Å². The highest BCUT2D eigenvalue weighted by molar-refractivity contribution is 5.97. The smallest absolute Gasteiger partial charge is 0.341 e. The molecule has 0 amide bonds. The van der Waals surface area contributed by atoms with Crippen LogP contribution in [0.3, 0.4) is 0 Å². The van der Waals surface area contributed by atoms with Crippen LogP contribution < -0.4 is 4.74 Å². The molecule has 3 rings (SSSR count). The third-order valence-electron chi connectivity index (χ3n) is 4.64. The molecule has 3 aromatic carbocycles. The number of nitro groups is 1. The number of non-ortho nitro benzene ring substituents is 1. The standard InChI is InChI=1S/C25H21NO9/c1-17(35-25(29)19-5-3-2-4-6-19)32-15-23(27)18-9-13-22(14-10-18)33-16-34-24(28)20-7-11-21(12-8-20)26(30)31/h2-14,17H,15-16H2,1H3. The van der Waals surface area contributed by atoms with Gasteiger partial charge >= 0.3 is 11.9 Å². The molecule has 180 valence electrons. The largest absolute Gasteiger partial charge is 0.457 e. The van der Waals surface area contributed by atoms with Crippen molar-refractivity contribution in [2.24, 2.45) is 0 Å². The molecular formula is C25H21NO9. The first-order valence-electron chi connectivity index (χ1n) is 10.4. The first kappa shape index (κ1) is 25.1. The Morgan fingerprint density at radius 2 is 1.43 bits per heavy atom. The van der Waals surface area contributed by atoms with Gasteiger partial charge in [0.05, 0.1) is 16.1 Å². The summed E-state index contributed by atoms with van der Waals surface area (Å²) in [6.07, 6.45) is -0.917. The van der Waals surface area contributed by atoms with Crippen molar-refractivity contribution in [3.8, 4) is 5.75 Å². The van der Waals surface area contributed by atoms with E-state index in [0.29, 0.717) is 16.9 Å². The molecule has 0 aromatic heterocycles. The number of hydrogen-bond acceptors (Lipinski definition) is 9. The van der Waals surface area contributed by atoms with Gasteiger partial charge in [0.2, 0.25) is 13.1 Å². The molecule has 0 aliphatic carbocycles. The minimum absolute atomic E-state index is 0.138. The number of carbonyl (C=O) groups is 3. The van der Waals surface area contributed by atoms with Gasteiger partial charge in [-0.1, -0.05) is 18.2 Å². The second-order valence-electron chi connectivity index (χ2n) is 7.10. The van der Waals surface area contributed by atoms with Crippen LogP contribution in [0.25, 0.3) is 0 Å². The average Bonchev–Trinajstić information content (AvgIpc) is 2.88. The number of nitrogens with zero attached hydrogens (tertiary/aromatic N) is 1. The summed E-state index contributed by atoms with van der Waals surface area (Å²) in [7, 11) is 0. The van der Waals surface area contributed by atoms with Gasteiger partial charge in [0.15, 0.2) is 5.78 Å². The molecule has 10 heteroatoms. The number of hydrogen-bond donors (Lipinski definition) is 0. The predicted octanol–water partition coefficient (Wildman–Crippen LogP) is 4.19. The Morgan fingerprint density at radius 1 is 0.829 bits per heavy atom. The van der Waals surface area contributed by atoms with Crippen molar-refractivity contribution in [3.05, 3.63) is 106 Å². The molecule has 0 aliphatic heterocycles. The molecule has 0 fully saturated rings. The Labute approximate surface area is 200 Å². The van der Waals surface area contributed by atoms with Crippen molar-refractivity contribution in [2.75, 3.05) is 13.4 Å². The van der Waals surface area contributed by atoms with Crippen molar-refractivity contribution < 1.29 is 38.3 Å². The Balaban J connectivity index is 1.41. The van der Waals surface area contributed by atoms with Crippen LogP contribution in [0.15, 0.2) is 78.9 Å². The average molecular weight is 479 g/mol. The van der Waals surface area contributed by atoms with Gasteiger partial charge in [-0.25, -0.2) is 9.59 Å². The predicted molar refractivity (Wildman–Crippen MR) is 122 cm³/mol. The minimum atomic E-state index is -0.917. The minimum Gasteiger partial charge on any atom is -0.457 e. The van der Waals surface area contributed by atoms with E-state index in [1.54, 1.807) is 30.3 Å². The van der Waals surface area contributed by atoms with Gasteiger partial charge in [-0.15, -0.1) is 0 Å². The van der Waals surface area contributed by atoms with Crippen LogP contribution in [0.2, 0.25) is 0 Å². The monoisotopic (exact) mass is 479 g/mol. The zero-order valence-electron chi connectivity index (χ0n) is 18.6. The van der Waals surface area contributed by atoms with E-state index in [-0.39, 0.29) is 23.6 Å². The van der Waals surface area contributed by atoms with Crippen LogP contribution in [0, 0.1) is 10.1 Å². The number of carbonyl (C=O) groups excluding carboxylic acids is 3. The van der Waals surface area contributed by atoms with E-state index in [4.69, 9.17) is 18.9 Å². The Morgan fingerprint density at radius 3 is 2.06 bits per heavy atom. The second kappa shape index (κ2) is 12.1. The van der Waals surface area contributed by atoms with E-state index >= 15 is 0 Å². The van der Waals surface area contributed by atoms with Gasteiger partial charge in [-0.05, 0) is 55.5 Å². The van der Waals surface area contributed by atoms with Crippen LogP contribution in [0.1, 0.15) is 38.0 Å². The van der Waals surface area contributed by atoms with Crippen LogP contribution >= 0.6 is 0 Å². The number of ether oxygens (including phenoxy) is 4. The third kappa shape index (κ3) is 7.47. The molecule has 0 N–H and O–H groups in total. The van der Waals surface area contributed by atoms with Crippen molar-refractivity contribution in [3.63, 3.8) is 0 Å². The molecule has 0 bridgehead atoms. The maximum atomic E-state index is 12.3. The fraction of sp³-hybridized carbons (Fsp3) is 0.160. The van der Waals surface area contributed by atoms with Gasteiger partial charge in [0, 0.05) is 17.7 Å². The third-order valence-corrected chi connectivity index (χ3v) is 4.64. The molecule has 3 aromatic rings. The number of Topliss-reactive ketones (excluding diaryl/α,β-unsaturated/α-hetero) is 1. The summed E-state index contributed by atoms with van der Waals surface area (Å²) in [6.45, 7) is 0.829. The SMILES string of the molecule is CC(OCC(=O)c1ccc(OCOC(=O)c2ccc([N+](=O)[O-])cc2)cc1)OC(=O)c1ccccc1. The lowest BCUT2D eigenvalue weighted by molar-refractivity contribution is -0.384. The van der Waals surface area contributed by atoms with Crippen LogP contribution in [-0.2, 0) is 14.2 Å². The molecule has 0 saturated carbocycles. The molecule has 1 atom stereocenters. The summed E-state index contributed by atoms with van der Waals surface area (Å²) in [5, 5.41) is 10.7. The van der Waals surface area contributed by atoms with Crippen molar-refractivity contribution in [1.82, 2.24) is 0 Å². The lowest BCUT2D eigenvalue weighted by Gasteiger charge is -2.14. The topological polar surface area (TPSA) is 131 Å². The van der Waals surface area contributed by atoms with E-state index in [1.165, 1.54) is 55.5 Å². The summed E-state index contributed by atoms with van der Waals surface area (Å²) < 4.78 is 20.8. The fourth-order valence-electron chi connectivity index (χ4n) is 2.79. The summed E-state index contributed by atoms with van der Waals surface area (Å²) >= 11 is 0.